The van der Waals surface area contributed by atoms with Crippen LogP contribution in [0.2, 0.25) is 5.02 Å². The van der Waals surface area contributed by atoms with Gasteiger partial charge in [-0.3, -0.25) is 9.59 Å². The summed E-state index contributed by atoms with van der Waals surface area (Å²) in [5.74, 6) is -0.00564. The summed E-state index contributed by atoms with van der Waals surface area (Å²) in [4.78, 5) is 26.0. The number of carbonyl (C=O) groups is 2. The van der Waals surface area contributed by atoms with Crippen molar-refractivity contribution in [3.05, 3.63) is 34.9 Å². The Bertz CT molecular complexity index is 561. The number of carbonyl (C=O) groups excluding carboxylic acids is 2. The van der Waals surface area contributed by atoms with Crippen LogP contribution in [-0.4, -0.2) is 42.9 Å². The topological polar surface area (TPSA) is 75.4 Å². The van der Waals surface area contributed by atoms with E-state index in [1.807, 2.05) is 4.90 Å². The molecule has 1 unspecified atom stereocenters. The lowest BCUT2D eigenvalue weighted by Gasteiger charge is -2.22. The Hall–Kier alpha value is -1.59. The molecule has 0 bridgehead atoms. The normalized spacial score (nSPS) is 20.6. The predicted octanol–water partition coefficient (Wildman–Crippen LogP) is 2.05. The van der Waals surface area contributed by atoms with Crippen molar-refractivity contribution in [3.63, 3.8) is 0 Å². The molecule has 0 aliphatic carbocycles. The summed E-state index contributed by atoms with van der Waals surface area (Å²) in [6.45, 7) is 4.72. The molecular formula is C17H24ClN3O2. The zero-order valence-corrected chi connectivity index (χ0v) is 14.2. The van der Waals surface area contributed by atoms with Gasteiger partial charge in [-0.2, -0.15) is 0 Å². The third kappa shape index (κ3) is 4.94. The van der Waals surface area contributed by atoms with Gasteiger partial charge in [0.05, 0.1) is 0 Å². The van der Waals surface area contributed by atoms with Crippen LogP contribution < -0.4 is 11.1 Å². The number of rotatable bonds is 6. The average molecular weight is 338 g/mol. The molecule has 1 aromatic carbocycles. The fourth-order valence-corrected chi connectivity index (χ4v) is 2.83. The number of amides is 2. The number of hydrogen-bond acceptors (Lipinski definition) is 3. The first kappa shape index (κ1) is 17.8. The van der Waals surface area contributed by atoms with E-state index in [1.165, 1.54) is 0 Å². The van der Waals surface area contributed by atoms with Crippen molar-refractivity contribution in [1.82, 2.24) is 10.2 Å². The van der Waals surface area contributed by atoms with Crippen LogP contribution in [0.25, 0.3) is 0 Å². The monoisotopic (exact) mass is 337 g/mol. The van der Waals surface area contributed by atoms with Crippen molar-refractivity contribution >= 4 is 23.4 Å². The predicted molar refractivity (Wildman–Crippen MR) is 91.4 cm³/mol. The minimum Gasteiger partial charge on any atom is -0.352 e. The first-order valence-corrected chi connectivity index (χ1v) is 8.33. The van der Waals surface area contributed by atoms with Gasteiger partial charge in [-0.25, -0.2) is 0 Å². The van der Waals surface area contributed by atoms with Crippen molar-refractivity contribution in [2.24, 2.45) is 11.1 Å². The number of hydrogen-bond donors (Lipinski definition) is 2. The van der Waals surface area contributed by atoms with Gasteiger partial charge < -0.3 is 16.0 Å². The van der Waals surface area contributed by atoms with Crippen LogP contribution in [0.1, 0.15) is 36.5 Å². The number of benzene rings is 1. The van der Waals surface area contributed by atoms with E-state index in [0.717, 1.165) is 19.5 Å². The molecule has 0 radical (unpaired) electrons. The summed E-state index contributed by atoms with van der Waals surface area (Å²) >= 11 is 5.79. The highest BCUT2D eigenvalue weighted by atomic mass is 35.5. The van der Waals surface area contributed by atoms with E-state index in [2.05, 4.69) is 12.2 Å². The number of likely N-dealkylation sites (tertiary alicyclic amines) is 1. The van der Waals surface area contributed by atoms with E-state index in [-0.39, 0.29) is 17.2 Å². The van der Waals surface area contributed by atoms with Gasteiger partial charge in [0.25, 0.3) is 5.91 Å². The molecule has 2 amide bonds. The first-order chi connectivity index (χ1) is 10.9. The summed E-state index contributed by atoms with van der Waals surface area (Å²) in [5, 5.41) is 3.42. The Balaban J connectivity index is 1.68. The second-order valence-electron chi connectivity index (χ2n) is 6.45. The Labute approximate surface area is 142 Å². The molecule has 1 fully saturated rings. The van der Waals surface area contributed by atoms with E-state index in [0.29, 0.717) is 36.5 Å². The first-order valence-electron chi connectivity index (χ1n) is 7.95. The molecule has 3 N–H and O–H groups in total. The molecule has 1 aromatic rings. The molecule has 1 aliphatic rings. The maximum absolute atomic E-state index is 12.2. The highest BCUT2D eigenvalue weighted by molar-refractivity contribution is 6.30. The van der Waals surface area contributed by atoms with Crippen molar-refractivity contribution in [2.75, 3.05) is 26.2 Å². The van der Waals surface area contributed by atoms with Gasteiger partial charge in [0.2, 0.25) is 5.91 Å². The van der Waals surface area contributed by atoms with Gasteiger partial charge >= 0.3 is 0 Å². The van der Waals surface area contributed by atoms with E-state index < -0.39 is 0 Å². The van der Waals surface area contributed by atoms with Gasteiger partial charge in [-0.15, -0.1) is 0 Å². The molecule has 1 atom stereocenters. The molecule has 126 valence electrons. The number of nitrogens with zero attached hydrogens (tertiary/aromatic N) is 1. The molecule has 1 heterocycles. The third-order valence-corrected chi connectivity index (χ3v) is 4.61. The summed E-state index contributed by atoms with van der Waals surface area (Å²) < 4.78 is 0. The summed E-state index contributed by atoms with van der Waals surface area (Å²) in [5.41, 5.74) is 6.38. The Kier molecular flexibility index (Phi) is 6.02. The minimum atomic E-state index is -0.147. The number of nitrogens with one attached hydrogen (secondary N) is 1. The quantitative estimate of drug-likeness (QED) is 0.780. The molecule has 0 spiro atoms. The highest BCUT2D eigenvalue weighted by Gasteiger charge is 2.34. The van der Waals surface area contributed by atoms with Crippen LogP contribution in [0.4, 0.5) is 0 Å². The third-order valence-electron chi connectivity index (χ3n) is 4.36. The Morgan fingerprint density at radius 1 is 1.35 bits per heavy atom. The smallest absolute Gasteiger partial charge is 0.251 e. The second kappa shape index (κ2) is 7.79. The average Bonchev–Trinajstić information content (AvgIpc) is 2.95. The zero-order chi connectivity index (χ0) is 16.9. The lowest BCUT2D eigenvalue weighted by molar-refractivity contribution is -0.130. The van der Waals surface area contributed by atoms with Crippen molar-refractivity contribution < 1.29 is 9.59 Å². The minimum absolute atomic E-state index is 0.0540. The molecule has 0 saturated carbocycles. The maximum atomic E-state index is 12.2. The van der Waals surface area contributed by atoms with Gasteiger partial charge in [-0.1, -0.05) is 18.5 Å². The molecule has 1 aliphatic heterocycles. The van der Waals surface area contributed by atoms with Crippen LogP contribution in [0.3, 0.4) is 0 Å². The van der Waals surface area contributed by atoms with Crippen molar-refractivity contribution in [3.8, 4) is 0 Å². The van der Waals surface area contributed by atoms with Crippen LogP contribution in [0.5, 0.6) is 0 Å². The van der Waals surface area contributed by atoms with Crippen LogP contribution in [-0.2, 0) is 4.79 Å². The Morgan fingerprint density at radius 3 is 2.65 bits per heavy atom. The zero-order valence-electron chi connectivity index (χ0n) is 13.5. The van der Waals surface area contributed by atoms with E-state index >= 15 is 0 Å². The number of halogens is 1. The van der Waals surface area contributed by atoms with Crippen LogP contribution >= 0.6 is 11.6 Å². The Morgan fingerprint density at radius 2 is 2.04 bits per heavy atom. The van der Waals surface area contributed by atoms with Crippen molar-refractivity contribution in [2.45, 2.75) is 26.2 Å². The standard InChI is InChI=1S/C17H24ClN3O2/c1-17(11-19)8-10-21(12-17)15(22)3-2-9-20-16(23)13-4-6-14(18)7-5-13/h4-7H,2-3,8-12,19H2,1H3,(H,20,23). The van der Waals surface area contributed by atoms with E-state index in [9.17, 15) is 9.59 Å². The van der Waals surface area contributed by atoms with Crippen LogP contribution in [0.15, 0.2) is 24.3 Å². The molecule has 6 heteroatoms. The van der Waals surface area contributed by atoms with Gasteiger partial charge in [0, 0.05) is 36.6 Å². The SMILES string of the molecule is CC1(CN)CCN(C(=O)CCCNC(=O)c2ccc(Cl)cc2)C1. The van der Waals surface area contributed by atoms with Gasteiger partial charge in [0.1, 0.15) is 0 Å². The molecular weight excluding hydrogens is 314 g/mol. The lowest BCUT2D eigenvalue weighted by atomic mass is 9.90. The molecule has 0 aromatic heterocycles. The highest BCUT2D eigenvalue weighted by Crippen LogP contribution is 2.28. The summed E-state index contributed by atoms with van der Waals surface area (Å²) in [7, 11) is 0. The fourth-order valence-electron chi connectivity index (χ4n) is 2.71. The molecule has 1 saturated heterocycles. The summed E-state index contributed by atoms with van der Waals surface area (Å²) in [6, 6.07) is 6.73. The van der Waals surface area contributed by atoms with Gasteiger partial charge in [0.15, 0.2) is 0 Å². The van der Waals surface area contributed by atoms with E-state index in [1.54, 1.807) is 24.3 Å². The summed E-state index contributed by atoms with van der Waals surface area (Å²) in [6.07, 6.45) is 2.04. The maximum Gasteiger partial charge on any atom is 0.251 e. The van der Waals surface area contributed by atoms with E-state index in [4.69, 9.17) is 17.3 Å². The number of nitrogens with two attached hydrogens (primary N) is 1. The van der Waals surface area contributed by atoms with Crippen molar-refractivity contribution in [1.29, 1.82) is 0 Å². The molecule has 5 nitrogen and oxygen atoms in total. The molecule has 23 heavy (non-hydrogen) atoms. The van der Waals surface area contributed by atoms with Crippen LogP contribution in [0, 0.1) is 5.41 Å². The lowest BCUT2D eigenvalue weighted by Crippen LogP contribution is -2.34. The molecule has 2 rings (SSSR count). The largest absolute Gasteiger partial charge is 0.352 e. The fraction of sp³-hybridized carbons (Fsp3) is 0.529. The van der Waals surface area contributed by atoms with Gasteiger partial charge in [-0.05, 0) is 49.1 Å². The second-order valence-corrected chi connectivity index (χ2v) is 6.88.